The van der Waals surface area contributed by atoms with E-state index in [0.717, 1.165) is 52.5 Å². The average molecular weight is 433 g/mol. The van der Waals surface area contributed by atoms with Crippen LogP contribution in [0.1, 0.15) is 37.0 Å². The van der Waals surface area contributed by atoms with Gasteiger partial charge in [-0.2, -0.15) is 0 Å². The summed E-state index contributed by atoms with van der Waals surface area (Å²) in [7, 11) is 0. The Balaban J connectivity index is 1.82. The predicted octanol–water partition coefficient (Wildman–Crippen LogP) is 6.28. The van der Waals surface area contributed by atoms with Gasteiger partial charge in [0.2, 0.25) is 0 Å². The van der Waals surface area contributed by atoms with Gasteiger partial charge >= 0.3 is 0 Å². The molecular formula is C25H24N2OS2. The van der Waals surface area contributed by atoms with Gasteiger partial charge in [-0.25, -0.2) is 4.98 Å². The molecule has 0 saturated carbocycles. The zero-order valence-electron chi connectivity index (χ0n) is 17.3. The number of hydrogen-bond donors (Lipinski definition) is 0. The van der Waals surface area contributed by atoms with Crippen LogP contribution in [0.2, 0.25) is 0 Å². The van der Waals surface area contributed by atoms with Crippen LogP contribution in [-0.4, -0.2) is 15.3 Å². The van der Waals surface area contributed by atoms with Gasteiger partial charge in [-0.15, -0.1) is 11.3 Å². The van der Waals surface area contributed by atoms with Crippen LogP contribution in [0.3, 0.4) is 0 Å². The molecule has 4 aromatic rings. The van der Waals surface area contributed by atoms with E-state index in [4.69, 9.17) is 4.98 Å². The molecule has 3 nitrogen and oxygen atoms in total. The van der Waals surface area contributed by atoms with Crippen LogP contribution in [0, 0.1) is 0 Å². The fourth-order valence-corrected chi connectivity index (χ4v) is 6.48. The number of aryl methyl sites for hydroxylation is 3. The van der Waals surface area contributed by atoms with E-state index >= 15 is 0 Å². The molecule has 2 heterocycles. The van der Waals surface area contributed by atoms with Crippen molar-refractivity contribution in [2.45, 2.75) is 44.7 Å². The second-order valence-corrected chi connectivity index (χ2v) is 9.67. The molecule has 0 bridgehead atoms. The highest BCUT2D eigenvalue weighted by Crippen LogP contribution is 2.42. The van der Waals surface area contributed by atoms with Crippen molar-refractivity contribution in [1.29, 1.82) is 0 Å². The molecule has 2 aromatic carbocycles. The number of fused-ring (bicyclic) bond motifs is 5. The van der Waals surface area contributed by atoms with Gasteiger partial charge in [-0.05, 0) is 54.0 Å². The van der Waals surface area contributed by atoms with E-state index in [9.17, 15) is 4.79 Å². The fourth-order valence-electron chi connectivity index (χ4n) is 4.29. The standard InChI is InChI=1S/C25H24N2OS2/c1-3-15-29-25-26-23-21(24(28)27(25)20-12-8-6-9-16(20)4-2)19-14-13-17-10-5-7-11-18(17)22(19)30-23/h5-12H,3-4,13-15H2,1-2H3. The molecular weight excluding hydrogens is 408 g/mol. The van der Waals surface area contributed by atoms with Gasteiger partial charge in [0.25, 0.3) is 5.56 Å². The number of hydrogen-bond acceptors (Lipinski definition) is 4. The Morgan fingerprint density at radius 2 is 1.87 bits per heavy atom. The monoisotopic (exact) mass is 432 g/mol. The van der Waals surface area contributed by atoms with E-state index in [1.54, 1.807) is 23.1 Å². The maximum atomic E-state index is 13.9. The van der Waals surface area contributed by atoms with E-state index in [2.05, 4.69) is 50.2 Å². The van der Waals surface area contributed by atoms with Gasteiger partial charge in [0.1, 0.15) is 4.83 Å². The summed E-state index contributed by atoms with van der Waals surface area (Å²) < 4.78 is 1.87. The summed E-state index contributed by atoms with van der Waals surface area (Å²) in [5.74, 6) is 0.945. The molecule has 5 heteroatoms. The predicted molar refractivity (Wildman–Crippen MR) is 128 cm³/mol. The Bertz CT molecular complexity index is 1300. The lowest BCUT2D eigenvalue weighted by molar-refractivity contribution is 0.808. The first-order valence-electron chi connectivity index (χ1n) is 10.6. The molecule has 5 rings (SSSR count). The number of aromatic nitrogens is 2. The number of benzene rings is 2. The van der Waals surface area contributed by atoms with Crippen molar-refractivity contribution in [1.82, 2.24) is 9.55 Å². The third kappa shape index (κ3) is 3.12. The zero-order valence-corrected chi connectivity index (χ0v) is 18.9. The van der Waals surface area contributed by atoms with Crippen molar-refractivity contribution < 1.29 is 0 Å². The molecule has 1 aliphatic carbocycles. The third-order valence-electron chi connectivity index (χ3n) is 5.75. The van der Waals surface area contributed by atoms with Crippen molar-refractivity contribution >= 4 is 33.3 Å². The average Bonchev–Trinajstić information content (AvgIpc) is 3.17. The molecule has 0 unspecified atom stereocenters. The van der Waals surface area contributed by atoms with Crippen LogP contribution in [0.25, 0.3) is 26.3 Å². The molecule has 0 amide bonds. The molecule has 0 aliphatic heterocycles. The summed E-state index contributed by atoms with van der Waals surface area (Å²) in [6, 6.07) is 16.8. The first-order chi connectivity index (χ1) is 14.7. The summed E-state index contributed by atoms with van der Waals surface area (Å²) >= 11 is 3.36. The van der Waals surface area contributed by atoms with E-state index in [-0.39, 0.29) is 5.56 Å². The van der Waals surface area contributed by atoms with E-state index in [1.807, 2.05) is 16.7 Å². The smallest absolute Gasteiger partial charge is 0.267 e. The maximum Gasteiger partial charge on any atom is 0.267 e. The molecule has 2 aromatic heterocycles. The van der Waals surface area contributed by atoms with Crippen LogP contribution < -0.4 is 5.56 Å². The van der Waals surface area contributed by atoms with E-state index < -0.39 is 0 Å². The topological polar surface area (TPSA) is 34.9 Å². The summed E-state index contributed by atoms with van der Waals surface area (Å²) in [5, 5.41) is 1.62. The number of thioether (sulfide) groups is 1. The molecule has 0 N–H and O–H groups in total. The highest BCUT2D eigenvalue weighted by atomic mass is 32.2. The largest absolute Gasteiger partial charge is 0.268 e. The van der Waals surface area contributed by atoms with Gasteiger partial charge in [0.05, 0.1) is 11.1 Å². The van der Waals surface area contributed by atoms with Crippen molar-refractivity contribution in [3.63, 3.8) is 0 Å². The Morgan fingerprint density at radius 3 is 2.70 bits per heavy atom. The second kappa shape index (κ2) is 8.05. The normalized spacial score (nSPS) is 12.7. The summed E-state index contributed by atoms with van der Waals surface area (Å²) in [5.41, 5.74) is 6.04. The quantitative estimate of drug-likeness (QED) is 0.275. The lowest BCUT2D eigenvalue weighted by atomic mass is 9.90. The van der Waals surface area contributed by atoms with Gasteiger partial charge in [-0.3, -0.25) is 9.36 Å². The zero-order chi connectivity index (χ0) is 20.7. The van der Waals surface area contributed by atoms with Crippen molar-refractivity contribution in [3.8, 4) is 16.1 Å². The van der Waals surface area contributed by atoms with Gasteiger partial charge in [-0.1, -0.05) is 68.1 Å². The van der Waals surface area contributed by atoms with Crippen LogP contribution >= 0.6 is 23.1 Å². The number of nitrogens with zero attached hydrogens (tertiary/aromatic N) is 2. The molecule has 0 atom stereocenters. The molecule has 0 saturated heterocycles. The molecule has 0 spiro atoms. The van der Waals surface area contributed by atoms with Gasteiger partial charge in [0.15, 0.2) is 5.16 Å². The Hall–Kier alpha value is -2.37. The maximum absolute atomic E-state index is 13.9. The van der Waals surface area contributed by atoms with Crippen LogP contribution in [0.15, 0.2) is 58.5 Å². The van der Waals surface area contributed by atoms with Gasteiger partial charge in [0, 0.05) is 10.6 Å². The van der Waals surface area contributed by atoms with Crippen molar-refractivity contribution in [2.75, 3.05) is 5.75 Å². The Morgan fingerprint density at radius 1 is 1.07 bits per heavy atom. The number of thiophene rings is 1. The first kappa shape index (κ1) is 19.6. The minimum Gasteiger partial charge on any atom is -0.268 e. The summed E-state index contributed by atoms with van der Waals surface area (Å²) in [6.45, 7) is 4.30. The first-order valence-corrected chi connectivity index (χ1v) is 12.4. The second-order valence-electron chi connectivity index (χ2n) is 7.61. The Labute approximate surface area is 184 Å². The highest BCUT2D eigenvalue weighted by molar-refractivity contribution is 7.99. The molecule has 0 fully saturated rings. The summed E-state index contributed by atoms with van der Waals surface area (Å²) in [6.07, 6.45) is 3.81. The van der Waals surface area contributed by atoms with E-state index in [1.165, 1.54) is 27.1 Å². The van der Waals surface area contributed by atoms with Crippen LogP contribution in [-0.2, 0) is 19.3 Å². The minimum absolute atomic E-state index is 0.0800. The molecule has 0 radical (unpaired) electrons. The molecule has 30 heavy (non-hydrogen) atoms. The van der Waals surface area contributed by atoms with Gasteiger partial charge < -0.3 is 0 Å². The van der Waals surface area contributed by atoms with Crippen molar-refractivity contribution in [3.05, 3.63) is 75.6 Å². The fraction of sp³-hybridized carbons (Fsp3) is 0.280. The number of rotatable bonds is 5. The minimum atomic E-state index is 0.0800. The molecule has 152 valence electrons. The molecule has 1 aliphatic rings. The van der Waals surface area contributed by atoms with Crippen LogP contribution in [0.5, 0.6) is 0 Å². The number of para-hydroxylation sites is 1. The SMILES string of the molecule is CCCSc1nc2sc3c(c2c(=O)n1-c1ccccc1CC)CCc1ccccc1-3. The lowest BCUT2D eigenvalue weighted by Crippen LogP contribution is -2.23. The van der Waals surface area contributed by atoms with Crippen molar-refractivity contribution in [2.24, 2.45) is 0 Å². The Kier molecular flexibility index (Phi) is 5.25. The van der Waals surface area contributed by atoms with Crippen LogP contribution in [0.4, 0.5) is 0 Å². The lowest BCUT2D eigenvalue weighted by Gasteiger charge is -2.17. The highest BCUT2D eigenvalue weighted by Gasteiger charge is 2.26. The summed E-state index contributed by atoms with van der Waals surface area (Å²) in [4.78, 5) is 21.1. The third-order valence-corrected chi connectivity index (χ3v) is 8.05. The van der Waals surface area contributed by atoms with E-state index in [0.29, 0.717) is 0 Å².